The molecule has 2 aromatic carbocycles. The van der Waals surface area contributed by atoms with E-state index >= 15 is 0 Å². The molecule has 1 aliphatic rings. The number of amides is 1. The molecule has 0 spiro atoms. The number of benzene rings is 2. The van der Waals surface area contributed by atoms with Crippen molar-refractivity contribution in [2.24, 2.45) is 0 Å². The van der Waals surface area contributed by atoms with Gasteiger partial charge in [-0.25, -0.2) is 8.42 Å². The normalized spacial score (nSPS) is 17.7. The molecule has 1 saturated heterocycles. The first-order chi connectivity index (χ1) is 13.8. The average molecular weight is 437 g/mol. The van der Waals surface area contributed by atoms with E-state index in [1.165, 1.54) is 11.4 Å². The monoisotopic (exact) mass is 436 g/mol. The number of anilines is 1. The second-order valence-electron chi connectivity index (χ2n) is 7.18. The smallest absolute Gasteiger partial charge is 0.243 e. The molecule has 1 N–H and O–H groups in total. The van der Waals surface area contributed by atoms with Crippen LogP contribution < -0.4 is 10.1 Å². The molecule has 1 atom stereocenters. The second kappa shape index (κ2) is 9.15. The summed E-state index contributed by atoms with van der Waals surface area (Å²) < 4.78 is 33.0. The van der Waals surface area contributed by atoms with Crippen LogP contribution in [0.4, 0.5) is 5.69 Å². The van der Waals surface area contributed by atoms with Crippen LogP contribution in [0.3, 0.4) is 0 Å². The molecule has 1 heterocycles. The van der Waals surface area contributed by atoms with Crippen LogP contribution in [0, 0.1) is 6.92 Å². The molecular weight excluding hydrogens is 412 g/mol. The van der Waals surface area contributed by atoms with Gasteiger partial charge in [-0.15, -0.1) is 0 Å². The van der Waals surface area contributed by atoms with Gasteiger partial charge in [0, 0.05) is 24.0 Å². The van der Waals surface area contributed by atoms with Crippen molar-refractivity contribution in [1.82, 2.24) is 4.31 Å². The highest BCUT2D eigenvalue weighted by Crippen LogP contribution is 2.30. The zero-order valence-corrected chi connectivity index (χ0v) is 18.1. The van der Waals surface area contributed by atoms with Crippen LogP contribution in [0.1, 0.15) is 31.2 Å². The van der Waals surface area contributed by atoms with E-state index in [-0.39, 0.29) is 23.3 Å². The Morgan fingerprint density at radius 2 is 1.93 bits per heavy atom. The van der Waals surface area contributed by atoms with E-state index in [9.17, 15) is 13.2 Å². The minimum Gasteiger partial charge on any atom is -0.495 e. The van der Waals surface area contributed by atoms with Gasteiger partial charge in [0.05, 0.1) is 17.7 Å². The Morgan fingerprint density at radius 1 is 1.21 bits per heavy atom. The number of ether oxygens (including phenoxy) is 1. The van der Waals surface area contributed by atoms with Gasteiger partial charge in [0.1, 0.15) is 5.75 Å². The van der Waals surface area contributed by atoms with Crippen molar-refractivity contribution in [2.45, 2.75) is 43.5 Å². The zero-order chi connectivity index (χ0) is 21.0. The third kappa shape index (κ3) is 5.10. The summed E-state index contributed by atoms with van der Waals surface area (Å²) in [6, 6.07) is 11.4. The van der Waals surface area contributed by atoms with Gasteiger partial charge in [0.2, 0.25) is 15.9 Å². The van der Waals surface area contributed by atoms with Gasteiger partial charge in [-0.3, -0.25) is 4.79 Å². The fraction of sp³-hybridized carbons (Fsp3) is 0.381. The molecule has 0 unspecified atom stereocenters. The fourth-order valence-corrected chi connectivity index (χ4v) is 5.40. The minimum atomic E-state index is -3.66. The molecule has 0 aromatic heterocycles. The molecule has 1 aliphatic heterocycles. The molecule has 3 rings (SSSR count). The topological polar surface area (TPSA) is 75.7 Å². The van der Waals surface area contributed by atoms with Crippen LogP contribution in [0.2, 0.25) is 5.02 Å². The largest absolute Gasteiger partial charge is 0.495 e. The van der Waals surface area contributed by atoms with Crippen molar-refractivity contribution in [1.29, 1.82) is 0 Å². The number of rotatable bonds is 6. The van der Waals surface area contributed by atoms with E-state index in [1.807, 2.05) is 6.92 Å². The summed E-state index contributed by atoms with van der Waals surface area (Å²) in [5, 5.41) is 3.27. The lowest BCUT2D eigenvalue weighted by Crippen LogP contribution is -2.45. The first kappa shape index (κ1) is 21.6. The third-order valence-corrected chi connectivity index (χ3v) is 7.26. The van der Waals surface area contributed by atoms with Crippen LogP contribution >= 0.6 is 11.6 Å². The Morgan fingerprint density at radius 3 is 2.62 bits per heavy atom. The predicted molar refractivity (Wildman–Crippen MR) is 114 cm³/mol. The molecule has 6 nitrogen and oxygen atoms in total. The highest BCUT2D eigenvalue weighted by atomic mass is 35.5. The SMILES string of the molecule is COc1ccc(Cl)cc1NC(=O)C[C@@H]1CCCCN1S(=O)(=O)c1ccc(C)cc1. The number of halogens is 1. The van der Waals surface area contributed by atoms with Crippen molar-refractivity contribution >= 4 is 33.2 Å². The standard InChI is InChI=1S/C21H25ClN2O4S/c1-15-6-9-18(10-7-15)29(26,27)24-12-4-3-5-17(24)14-21(25)23-19-13-16(22)8-11-20(19)28-2/h6-11,13,17H,3-5,12,14H2,1-2H3,(H,23,25)/t17-/m0/s1. The van der Waals surface area contributed by atoms with Gasteiger partial charge in [0.25, 0.3) is 0 Å². The Balaban J connectivity index is 1.77. The molecule has 0 bridgehead atoms. The summed E-state index contributed by atoms with van der Waals surface area (Å²) >= 11 is 6.02. The molecule has 29 heavy (non-hydrogen) atoms. The van der Waals surface area contributed by atoms with Gasteiger partial charge in [-0.05, 0) is 50.1 Å². The molecule has 0 saturated carbocycles. The Labute approximate surface area is 176 Å². The van der Waals surface area contributed by atoms with Gasteiger partial charge >= 0.3 is 0 Å². The number of hydrogen-bond acceptors (Lipinski definition) is 4. The lowest BCUT2D eigenvalue weighted by Gasteiger charge is -2.34. The van der Waals surface area contributed by atoms with Gasteiger partial charge < -0.3 is 10.1 Å². The molecule has 1 fully saturated rings. The van der Waals surface area contributed by atoms with Crippen molar-refractivity contribution in [3.05, 3.63) is 53.1 Å². The molecule has 2 aromatic rings. The Bertz CT molecular complexity index is 977. The highest BCUT2D eigenvalue weighted by Gasteiger charge is 2.34. The summed E-state index contributed by atoms with van der Waals surface area (Å²) in [6.45, 7) is 2.32. The third-order valence-electron chi connectivity index (χ3n) is 5.06. The predicted octanol–water partition coefficient (Wildman–Crippen LogP) is 4.23. The van der Waals surface area contributed by atoms with Crippen molar-refractivity contribution in [2.75, 3.05) is 19.0 Å². The molecule has 8 heteroatoms. The van der Waals surface area contributed by atoms with E-state index in [2.05, 4.69) is 5.32 Å². The molecule has 1 amide bonds. The number of hydrogen-bond donors (Lipinski definition) is 1. The summed E-state index contributed by atoms with van der Waals surface area (Å²) in [7, 11) is -2.15. The lowest BCUT2D eigenvalue weighted by atomic mass is 10.0. The fourth-order valence-electron chi connectivity index (χ4n) is 3.53. The second-order valence-corrected chi connectivity index (χ2v) is 9.50. The van der Waals surface area contributed by atoms with Crippen LogP contribution in [0.25, 0.3) is 0 Å². The van der Waals surface area contributed by atoms with Crippen LogP contribution in [-0.2, 0) is 14.8 Å². The maximum Gasteiger partial charge on any atom is 0.243 e. The first-order valence-corrected chi connectivity index (χ1v) is 11.3. The summed E-state index contributed by atoms with van der Waals surface area (Å²) in [4.78, 5) is 12.9. The number of nitrogens with zero attached hydrogens (tertiary/aromatic N) is 1. The summed E-state index contributed by atoms with van der Waals surface area (Å²) in [5.41, 5.74) is 1.46. The number of carbonyl (C=O) groups is 1. The van der Waals surface area contributed by atoms with Crippen LogP contribution in [-0.4, -0.2) is 38.3 Å². The van der Waals surface area contributed by atoms with Gasteiger partial charge in [-0.1, -0.05) is 35.7 Å². The van der Waals surface area contributed by atoms with Crippen LogP contribution in [0.5, 0.6) is 5.75 Å². The number of nitrogens with one attached hydrogen (secondary N) is 1. The zero-order valence-electron chi connectivity index (χ0n) is 16.5. The maximum atomic E-state index is 13.2. The quantitative estimate of drug-likeness (QED) is 0.735. The number of methoxy groups -OCH3 is 1. The van der Waals surface area contributed by atoms with Crippen molar-refractivity contribution < 1.29 is 17.9 Å². The first-order valence-electron chi connectivity index (χ1n) is 9.53. The summed E-state index contributed by atoms with van der Waals surface area (Å²) in [5.74, 6) is 0.220. The number of piperidine rings is 1. The highest BCUT2D eigenvalue weighted by molar-refractivity contribution is 7.89. The summed E-state index contributed by atoms with van der Waals surface area (Å²) in [6.07, 6.45) is 2.38. The van der Waals surface area contributed by atoms with E-state index in [4.69, 9.17) is 16.3 Å². The number of carbonyl (C=O) groups excluding carboxylic acids is 1. The molecular formula is C21H25ClN2O4S. The van der Waals surface area contributed by atoms with Gasteiger partial charge in [-0.2, -0.15) is 4.31 Å². The lowest BCUT2D eigenvalue weighted by molar-refractivity contribution is -0.117. The Kier molecular flexibility index (Phi) is 6.82. The van der Waals surface area contributed by atoms with E-state index in [0.29, 0.717) is 29.4 Å². The van der Waals surface area contributed by atoms with Gasteiger partial charge in [0.15, 0.2) is 0 Å². The molecule has 0 aliphatic carbocycles. The molecule has 0 radical (unpaired) electrons. The number of sulfonamides is 1. The maximum absolute atomic E-state index is 13.2. The Hall–Kier alpha value is -2.09. The van der Waals surface area contributed by atoms with E-state index in [1.54, 1.807) is 42.5 Å². The van der Waals surface area contributed by atoms with E-state index < -0.39 is 10.0 Å². The van der Waals surface area contributed by atoms with Crippen molar-refractivity contribution in [3.63, 3.8) is 0 Å². The van der Waals surface area contributed by atoms with E-state index in [0.717, 1.165) is 18.4 Å². The van der Waals surface area contributed by atoms with Crippen molar-refractivity contribution in [3.8, 4) is 5.75 Å². The van der Waals surface area contributed by atoms with Crippen LogP contribution in [0.15, 0.2) is 47.4 Å². The average Bonchev–Trinajstić information content (AvgIpc) is 2.69. The minimum absolute atomic E-state index is 0.0702. The molecule has 156 valence electrons. The number of aryl methyl sites for hydroxylation is 1.